The molecule has 0 unspecified atom stereocenters. The number of methoxy groups -OCH3 is 1. The molecule has 0 radical (unpaired) electrons. The van der Waals surface area contributed by atoms with Crippen LogP contribution in [0.25, 0.3) is 5.69 Å². The second-order valence-electron chi connectivity index (χ2n) is 8.68. The fourth-order valence-electron chi connectivity index (χ4n) is 4.91. The summed E-state index contributed by atoms with van der Waals surface area (Å²) >= 11 is 0. The highest BCUT2D eigenvalue weighted by Crippen LogP contribution is 2.43. The van der Waals surface area contributed by atoms with Crippen LogP contribution in [0, 0.1) is 5.92 Å². The zero-order valence-electron chi connectivity index (χ0n) is 17.8. The van der Waals surface area contributed by atoms with Crippen molar-refractivity contribution in [2.75, 3.05) is 33.4 Å². The van der Waals surface area contributed by atoms with Crippen LogP contribution in [0.5, 0.6) is 0 Å². The van der Waals surface area contributed by atoms with Gasteiger partial charge in [0.1, 0.15) is 5.82 Å². The van der Waals surface area contributed by atoms with E-state index in [-0.39, 0.29) is 11.4 Å². The predicted octanol–water partition coefficient (Wildman–Crippen LogP) is 3.20. The largest absolute Gasteiger partial charge is 0.384 e. The predicted molar refractivity (Wildman–Crippen MR) is 113 cm³/mol. The van der Waals surface area contributed by atoms with E-state index in [0.717, 1.165) is 44.8 Å². The molecule has 6 nitrogen and oxygen atoms in total. The zero-order valence-corrected chi connectivity index (χ0v) is 17.8. The van der Waals surface area contributed by atoms with Crippen molar-refractivity contribution in [2.45, 2.75) is 45.2 Å². The van der Waals surface area contributed by atoms with Crippen molar-refractivity contribution in [2.24, 2.45) is 5.92 Å². The van der Waals surface area contributed by atoms with E-state index in [0.29, 0.717) is 18.9 Å². The van der Waals surface area contributed by atoms with Crippen LogP contribution in [0.3, 0.4) is 0 Å². The van der Waals surface area contributed by atoms with E-state index >= 15 is 0 Å². The van der Waals surface area contributed by atoms with Gasteiger partial charge in [0, 0.05) is 45.7 Å². The van der Waals surface area contributed by atoms with Crippen molar-refractivity contribution in [1.82, 2.24) is 19.4 Å². The Bertz CT molecular complexity index is 852. The maximum absolute atomic E-state index is 12.5. The number of fused-ring (bicyclic) bond motifs is 4. The first-order valence-electron chi connectivity index (χ1n) is 10.7. The lowest BCUT2D eigenvalue weighted by molar-refractivity contribution is -0.135. The summed E-state index contributed by atoms with van der Waals surface area (Å²) in [6.07, 6.45) is 6.28. The molecule has 0 bridgehead atoms. The van der Waals surface area contributed by atoms with Crippen molar-refractivity contribution < 1.29 is 9.53 Å². The molecule has 1 aromatic carbocycles. The number of likely N-dealkylation sites (tertiary alicyclic amines) is 1. The molecule has 156 valence electrons. The van der Waals surface area contributed by atoms with Crippen LogP contribution in [0.15, 0.2) is 36.7 Å². The molecule has 0 aliphatic carbocycles. The van der Waals surface area contributed by atoms with Crippen LogP contribution in [0.1, 0.15) is 44.5 Å². The molecule has 1 aromatic heterocycles. The third-order valence-electron chi connectivity index (χ3n) is 6.32. The van der Waals surface area contributed by atoms with E-state index in [1.807, 2.05) is 11.1 Å². The fourth-order valence-corrected chi connectivity index (χ4v) is 4.91. The average Bonchev–Trinajstić information content (AvgIpc) is 3.19. The van der Waals surface area contributed by atoms with Crippen LogP contribution in [0.4, 0.5) is 0 Å². The minimum absolute atomic E-state index is 0.148. The van der Waals surface area contributed by atoms with Crippen LogP contribution in [0.2, 0.25) is 0 Å². The Morgan fingerprint density at radius 1 is 1.24 bits per heavy atom. The molecule has 2 aliphatic rings. The second kappa shape index (κ2) is 8.28. The molecule has 1 fully saturated rings. The topological polar surface area (TPSA) is 50.6 Å². The van der Waals surface area contributed by atoms with Gasteiger partial charge in [-0.25, -0.2) is 4.98 Å². The van der Waals surface area contributed by atoms with E-state index in [4.69, 9.17) is 9.72 Å². The van der Waals surface area contributed by atoms with Gasteiger partial charge in [0.2, 0.25) is 5.91 Å². The number of rotatable bonds is 5. The molecule has 0 atom stereocenters. The van der Waals surface area contributed by atoms with E-state index < -0.39 is 0 Å². The highest BCUT2D eigenvalue weighted by Gasteiger charge is 2.46. The van der Waals surface area contributed by atoms with E-state index in [1.54, 1.807) is 7.11 Å². The van der Waals surface area contributed by atoms with Crippen molar-refractivity contribution in [3.05, 3.63) is 48.0 Å². The molecule has 29 heavy (non-hydrogen) atoms. The summed E-state index contributed by atoms with van der Waals surface area (Å²) in [6, 6.07) is 8.65. The third kappa shape index (κ3) is 3.71. The standard InChI is InChI=1S/C23H32N4O2/c1-18(2)16-26-17-19-6-4-5-7-20(19)27-14-11-24-22(27)23(26)9-12-25(13-10-23)21(28)8-15-29-3/h4-7,11,14,18H,8-10,12-13,15-17H2,1-3H3. The number of ether oxygens (including phenoxy) is 1. The molecule has 2 aliphatic heterocycles. The van der Waals surface area contributed by atoms with Crippen molar-refractivity contribution in [3.63, 3.8) is 0 Å². The Balaban J connectivity index is 1.69. The second-order valence-corrected chi connectivity index (χ2v) is 8.68. The average molecular weight is 397 g/mol. The van der Waals surface area contributed by atoms with Crippen LogP contribution >= 0.6 is 0 Å². The number of nitrogens with zero attached hydrogens (tertiary/aromatic N) is 4. The van der Waals surface area contributed by atoms with Gasteiger partial charge in [-0.3, -0.25) is 9.69 Å². The highest BCUT2D eigenvalue weighted by molar-refractivity contribution is 5.76. The molecule has 0 N–H and O–H groups in total. The van der Waals surface area contributed by atoms with Gasteiger partial charge in [-0.2, -0.15) is 0 Å². The lowest BCUT2D eigenvalue weighted by atomic mass is 9.83. The van der Waals surface area contributed by atoms with Gasteiger partial charge in [0.05, 0.1) is 24.3 Å². The van der Waals surface area contributed by atoms with Gasteiger partial charge in [-0.05, 0) is 30.4 Å². The Morgan fingerprint density at radius 2 is 2.00 bits per heavy atom. The van der Waals surface area contributed by atoms with E-state index in [1.165, 1.54) is 11.3 Å². The number of hydrogen-bond donors (Lipinski definition) is 0. The number of imidazole rings is 1. The van der Waals surface area contributed by atoms with Gasteiger partial charge in [-0.15, -0.1) is 0 Å². The quantitative estimate of drug-likeness (QED) is 0.779. The van der Waals surface area contributed by atoms with Crippen molar-refractivity contribution in [1.29, 1.82) is 0 Å². The minimum atomic E-state index is -0.148. The molecule has 1 saturated heterocycles. The third-order valence-corrected chi connectivity index (χ3v) is 6.32. The van der Waals surface area contributed by atoms with Crippen LogP contribution in [-0.2, 0) is 21.6 Å². The molecule has 3 heterocycles. The lowest BCUT2D eigenvalue weighted by Gasteiger charge is -2.48. The van der Waals surface area contributed by atoms with E-state index in [2.05, 4.69) is 53.8 Å². The Morgan fingerprint density at radius 3 is 2.72 bits per heavy atom. The Kier molecular flexibility index (Phi) is 5.74. The maximum Gasteiger partial charge on any atom is 0.224 e. The van der Waals surface area contributed by atoms with Gasteiger partial charge in [-0.1, -0.05) is 32.0 Å². The molecule has 4 rings (SSSR count). The van der Waals surface area contributed by atoms with Crippen molar-refractivity contribution in [3.8, 4) is 5.69 Å². The van der Waals surface area contributed by atoms with Gasteiger partial charge in [0.15, 0.2) is 0 Å². The summed E-state index contributed by atoms with van der Waals surface area (Å²) in [4.78, 5) is 22.0. The van der Waals surface area contributed by atoms with Crippen LogP contribution in [-0.4, -0.2) is 58.6 Å². The van der Waals surface area contributed by atoms with Gasteiger partial charge >= 0.3 is 0 Å². The zero-order chi connectivity index (χ0) is 20.4. The minimum Gasteiger partial charge on any atom is -0.384 e. The summed E-state index contributed by atoms with van der Waals surface area (Å²) in [5, 5.41) is 0. The van der Waals surface area contributed by atoms with Crippen LogP contribution < -0.4 is 0 Å². The highest BCUT2D eigenvalue weighted by atomic mass is 16.5. The number of carbonyl (C=O) groups is 1. The first-order chi connectivity index (χ1) is 14.0. The van der Waals surface area contributed by atoms with Crippen molar-refractivity contribution >= 4 is 5.91 Å². The number of para-hydroxylation sites is 1. The van der Waals surface area contributed by atoms with E-state index in [9.17, 15) is 4.79 Å². The number of hydrogen-bond acceptors (Lipinski definition) is 4. The number of aromatic nitrogens is 2. The molecule has 6 heteroatoms. The number of benzene rings is 1. The number of amides is 1. The fraction of sp³-hybridized carbons (Fsp3) is 0.565. The SMILES string of the molecule is COCCC(=O)N1CCC2(CC1)c1nccn1-c1ccccc1CN2CC(C)C. The Hall–Kier alpha value is -2.18. The summed E-state index contributed by atoms with van der Waals surface area (Å²) in [7, 11) is 1.64. The summed E-state index contributed by atoms with van der Waals surface area (Å²) < 4.78 is 7.37. The summed E-state index contributed by atoms with van der Waals surface area (Å²) in [6.45, 7) is 8.50. The Labute approximate surface area is 173 Å². The maximum atomic E-state index is 12.5. The molecule has 1 amide bonds. The molecule has 1 spiro atoms. The molecule has 0 saturated carbocycles. The normalized spacial score (nSPS) is 18.6. The summed E-state index contributed by atoms with van der Waals surface area (Å²) in [5.41, 5.74) is 2.41. The smallest absolute Gasteiger partial charge is 0.224 e. The number of carbonyl (C=O) groups excluding carboxylic acids is 1. The summed E-state index contributed by atoms with van der Waals surface area (Å²) in [5.74, 6) is 1.87. The molecular formula is C23H32N4O2. The number of piperidine rings is 1. The monoisotopic (exact) mass is 396 g/mol. The molecular weight excluding hydrogens is 364 g/mol. The molecule has 2 aromatic rings. The van der Waals surface area contributed by atoms with Gasteiger partial charge < -0.3 is 14.2 Å². The first-order valence-corrected chi connectivity index (χ1v) is 10.7. The lowest BCUT2D eigenvalue weighted by Crippen LogP contribution is -2.55. The first kappa shape index (κ1) is 20.1. The van der Waals surface area contributed by atoms with Gasteiger partial charge in [0.25, 0.3) is 0 Å².